The van der Waals surface area contributed by atoms with E-state index >= 15 is 0 Å². The third-order valence-electron chi connectivity index (χ3n) is 3.34. The van der Waals surface area contributed by atoms with Crippen molar-refractivity contribution in [1.82, 2.24) is 4.98 Å². The lowest BCUT2D eigenvalue weighted by Crippen LogP contribution is -1.84. The molecule has 3 nitrogen and oxygen atoms in total. The summed E-state index contributed by atoms with van der Waals surface area (Å²) in [5.41, 5.74) is 7.44. The summed E-state index contributed by atoms with van der Waals surface area (Å²) in [6, 6.07) is 19.9. The summed E-state index contributed by atoms with van der Waals surface area (Å²) in [5, 5.41) is 2.87. The first-order valence-electron chi connectivity index (χ1n) is 6.61. The Hall–Kier alpha value is -2.59. The van der Waals surface area contributed by atoms with E-state index in [1.807, 2.05) is 42.5 Å². The maximum Gasteiger partial charge on any atom is 0.279 e. The van der Waals surface area contributed by atoms with E-state index in [1.54, 1.807) is 0 Å². The molecule has 102 valence electrons. The lowest BCUT2D eigenvalue weighted by Gasteiger charge is -2.05. The second kappa shape index (κ2) is 4.75. The van der Waals surface area contributed by atoms with Gasteiger partial charge in [0.15, 0.2) is 0 Å². The van der Waals surface area contributed by atoms with Crippen molar-refractivity contribution in [3.63, 3.8) is 0 Å². The monoisotopic (exact) mass is 292 g/mol. The predicted molar refractivity (Wildman–Crippen MR) is 88.1 cm³/mol. The molecule has 4 aromatic rings. The van der Waals surface area contributed by atoms with Crippen molar-refractivity contribution in [2.24, 2.45) is 0 Å². The van der Waals surface area contributed by atoms with Gasteiger partial charge >= 0.3 is 0 Å². The molecule has 1 heterocycles. The van der Waals surface area contributed by atoms with Gasteiger partial charge in [-0.3, -0.25) is 0 Å². The van der Waals surface area contributed by atoms with Gasteiger partial charge in [0.25, 0.3) is 5.19 Å². The van der Waals surface area contributed by atoms with Crippen molar-refractivity contribution in [3.05, 3.63) is 60.7 Å². The van der Waals surface area contributed by atoms with Gasteiger partial charge in [0, 0.05) is 11.1 Å². The molecule has 0 aliphatic carbocycles. The Balaban J connectivity index is 1.79. The van der Waals surface area contributed by atoms with Crippen molar-refractivity contribution in [3.8, 4) is 10.9 Å². The topological polar surface area (TPSA) is 48.1 Å². The van der Waals surface area contributed by atoms with Crippen LogP contribution in [0.25, 0.3) is 21.0 Å². The molecule has 0 radical (unpaired) electrons. The Kier molecular flexibility index (Phi) is 2.75. The number of thiazole rings is 1. The van der Waals surface area contributed by atoms with E-state index in [0.717, 1.165) is 32.4 Å². The average molecular weight is 292 g/mol. The van der Waals surface area contributed by atoms with E-state index in [-0.39, 0.29) is 0 Å². The molecular weight excluding hydrogens is 280 g/mol. The summed E-state index contributed by atoms with van der Waals surface area (Å²) < 4.78 is 7.02. The van der Waals surface area contributed by atoms with Gasteiger partial charge in [0.1, 0.15) is 5.75 Å². The molecule has 2 N–H and O–H groups in total. The minimum atomic E-state index is 0.631. The number of fused-ring (bicyclic) bond motifs is 2. The van der Waals surface area contributed by atoms with E-state index in [2.05, 4.69) is 23.2 Å². The van der Waals surface area contributed by atoms with Crippen LogP contribution in [0.15, 0.2) is 60.7 Å². The lowest BCUT2D eigenvalue weighted by atomic mass is 10.1. The smallest absolute Gasteiger partial charge is 0.279 e. The largest absolute Gasteiger partial charge is 0.430 e. The van der Waals surface area contributed by atoms with Gasteiger partial charge in [-0.25, -0.2) is 4.98 Å². The molecule has 0 aliphatic rings. The van der Waals surface area contributed by atoms with Gasteiger partial charge < -0.3 is 10.5 Å². The highest BCUT2D eigenvalue weighted by Crippen LogP contribution is 2.35. The van der Waals surface area contributed by atoms with Crippen LogP contribution in [0.3, 0.4) is 0 Å². The zero-order valence-corrected chi connectivity index (χ0v) is 11.9. The number of rotatable bonds is 2. The fourth-order valence-electron chi connectivity index (χ4n) is 2.34. The third kappa shape index (κ3) is 2.19. The first kappa shape index (κ1) is 12.2. The van der Waals surface area contributed by atoms with E-state index in [1.165, 1.54) is 11.3 Å². The van der Waals surface area contributed by atoms with Gasteiger partial charge in [0.2, 0.25) is 0 Å². The van der Waals surface area contributed by atoms with E-state index in [0.29, 0.717) is 5.19 Å². The van der Waals surface area contributed by atoms with E-state index in [4.69, 9.17) is 10.5 Å². The van der Waals surface area contributed by atoms with Crippen LogP contribution in [0.2, 0.25) is 0 Å². The van der Waals surface area contributed by atoms with Crippen LogP contribution in [0.5, 0.6) is 10.9 Å². The normalized spacial score (nSPS) is 11.0. The number of benzene rings is 3. The molecule has 0 fully saturated rings. The molecule has 0 saturated heterocycles. The van der Waals surface area contributed by atoms with Crippen molar-refractivity contribution in [2.45, 2.75) is 0 Å². The number of ether oxygens (including phenoxy) is 1. The summed E-state index contributed by atoms with van der Waals surface area (Å²) in [6.45, 7) is 0. The molecule has 0 unspecified atom stereocenters. The molecule has 21 heavy (non-hydrogen) atoms. The minimum Gasteiger partial charge on any atom is -0.430 e. The van der Waals surface area contributed by atoms with E-state index in [9.17, 15) is 0 Å². The first-order valence-corrected chi connectivity index (χ1v) is 7.43. The Morgan fingerprint density at radius 2 is 1.81 bits per heavy atom. The zero-order chi connectivity index (χ0) is 14.2. The van der Waals surface area contributed by atoms with Crippen molar-refractivity contribution < 1.29 is 4.74 Å². The van der Waals surface area contributed by atoms with Gasteiger partial charge in [-0.15, -0.1) is 0 Å². The molecule has 0 aliphatic heterocycles. The summed E-state index contributed by atoms with van der Waals surface area (Å²) in [7, 11) is 0. The summed E-state index contributed by atoms with van der Waals surface area (Å²) in [4.78, 5) is 4.50. The van der Waals surface area contributed by atoms with Crippen LogP contribution >= 0.6 is 11.3 Å². The quantitative estimate of drug-likeness (QED) is 0.539. The molecule has 4 rings (SSSR count). The SMILES string of the molecule is Nc1ccc2nc(Oc3cccc4ccccc34)sc2c1. The Labute approximate surface area is 125 Å². The van der Waals surface area contributed by atoms with Crippen LogP contribution in [-0.4, -0.2) is 4.98 Å². The van der Waals surface area contributed by atoms with Crippen LogP contribution in [0.4, 0.5) is 5.69 Å². The number of hydrogen-bond donors (Lipinski definition) is 1. The van der Waals surface area contributed by atoms with Crippen LogP contribution in [0, 0.1) is 0 Å². The fraction of sp³-hybridized carbons (Fsp3) is 0. The molecule has 1 aromatic heterocycles. The van der Waals surface area contributed by atoms with Gasteiger partial charge in [0.05, 0.1) is 10.2 Å². The van der Waals surface area contributed by atoms with Crippen LogP contribution in [-0.2, 0) is 0 Å². The van der Waals surface area contributed by atoms with Gasteiger partial charge in [-0.1, -0.05) is 47.7 Å². The van der Waals surface area contributed by atoms with Crippen molar-refractivity contribution in [1.29, 1.82) is 0 Å². The van der Waals surface area contributed by atoms with Crippen molar-refractivity contribution in [2.75, 3.05) is 5.73 Å². The minimum absolute atomic E-state index is 0.631. The Morgan fingerprint density at radius 1 is 0.952 bits per heavy atom. The number of nitrogens with zero attached hydrogens (tertiary/aromatic N) is 1. The highest BCUT2D eigenvalue weighted by molar-refractivity contribution is 7.20. The molecule has 0 saturated carbocycles. The lowest BCUT2D eigenvalue weighted by molar-refractivity contribution is 0.486. The highest BCUT2D eigenvalue weighted by Gasteiger charge is 2.08. The number of nitrogen functional groups attached to an aromatic ring is 1. The maximum absolute atomic E-state index is 5.98. The average Bonchev–Trinajstić information content (AvgIpc) is 2.89. The molecule has 0 bridgehead atoms. The van der Waals surface area contributed by atoms with Crippen LogP contribution in [0.1, 0.15) is 0 Å². The zero-order valence-electron chi connectivity index (χ0n) is 11.1. The number of anilines is 1. The second-order valence-electron chi connectivity index (χ2n) is 4.79. The van der Waals surface area contributed by atoms with Gasteiger partial charge in [-0.05, 0) is 29.7 Å². The van der Waals surface area contributed by atoms with Crippen LogP contribution < -0.4 is 10.5 Å². The summed E-state index contributed by atoms with van der Waals surface area (Å²) in [5.74, 6) is 0.820. The molecule has 0 amide bonds. The molecule has 0 atom stereocenters. The number of aromatic nitrogens is 1. The number of nitrogens with two attached hydrogens (primary N) is 1. The molecule has 4 heteroatoms. The highest BCUT2D eigenvalue weighted by atomic mass is 32.1. The first-order chi connectivity index (χ1) is 10.3. The second-order valence-corrected chi connectivity index (χ2v) is 5.78. The maximum atomic E-state index is 5.98. The Morgan fingerprint density at radius 3 is 2.76 bits per heavy atom. The Bertz CT molecular complexity index is 940. The third-order valence-corrected chi connectivity index (χ3v) is 4.24. The summed E-state index contributed by atoms with van der Waals surface area (Å²) >= 11 is 1.50. The molecule has 0 spiro atoms. The van der Waals surface area contributed by atoms with E-state index < -0.39 is 0 Å². The number of hydrogen-bond acceptors (Lipinski definition) is 4. The molecule has 3 aromatic carbocycles. The van der Waals surface area contributed by atoms with Gasteiger partial charge in [-0.2, -0.15) is 0 Å². The predicted octanol–water partition coefficient (Wildman–Crippen LogP) is 4.82. The fourth-order valence-corrected chi connectivity index (χ4v) is 3.22. The van der Waals surface area contributed by atoms with Crippen molar-refractivity contribution >= 4 is 38.0 Å². The molecular formula is C17H12N2OS. The standard InChI is InChI=1S/C17H12N2OS/c18-12-8-9-14-16(10-12)21-17(19-14)20-15-7-3-5-11-4-1-2-6-13(11)15/h1-10H,18H2. The summed E-state index contributed by atoms with van der Waals surface area (Å²) in [6.07, 6.45) is 0.